The number of phenols is 1. The highest BCUT2D eigenvalue weighted by Crippen LogP contribution is 2.29. The fourth-order valence-corrected chi connectivity index (χ4v) is 5.64. The predicted molar refractivity (Wildman–Crippen MR) is 140 cm³/mol. The largest absolute Gasteiger partial charge is 0.507 e. The summed E-state index contributed by atoms with van der Waals surface area (Å²) in [5, 5.41) is 23.7. The molecule has 0 aliphatic carbocycles. The van der Waals surface area contributed by atoms with Crippen LogP contribution in [-0.2, 0) is 19.6 Å². The van der Waals surface area contributed by atoms with Crippen molar-refractivity contribution in [2.45, 2.75) is 18.7 Å². The van der Waals surface area contributed by atoms with Crippen LogP contribution in [-0.4, -0.2) is 41.9 Å². The van der Waals surface area contributed by atoms with Crippen molar-refractivity contribution in [1.29, 1.82) is 0 Å². The van der Waals surface area contributed by atoms with Crippen molar-refractivity contribution in [1.82, 2.24) is 4.98 Å². The number of aryl methyl sites for hydroxylation is 2. The maximum atomic E-state index is 12.7. The Bertz CT molecular complexity index is 1680. The summed E-state index contributed by atoms with van der Waals surface area (Å²) in [5.74, 6) is -2.35. The zero-order valence-electron chi connectivity index (χ0n) is 19.9. The van der Waals surface area contributed by atoms with E-state index >= 15 is 0 Å². The number of aromatic hydroxyl groups is 1. The minimum Gasteiger partial charge on any atom is -0.507 e. The molecule has 0 fully saturated rings. The number of nitro benzene ring substituents is 1. The van der Waals surface area contributed by atoms with E-state index in [1.807, 2.05) is 26.0 Å². The Morgan fingerprint density at radius 2 is 1.82 bits per heavy atom. The van der Waals surface area contributed by atoms with Crippen LogP contribution in [0.15, 0.2) is 59.5 Å². The number of carbonyl (C=O) groups is 2. The summed E-state index contributed by atoms with van der Waals surface area (Å²) >= 11 is 1.26. The molecule has 1 heterocycles. The number of hydrogen-bond donors (Lipinski definition) is 3. The Hall–Kier alpha value is -4.56. The molecule has 3 aromatic carbocycles. The number of carbonyl (C=O) groups excluding carboxylic acids is 2. The van der Waals surface area contributed by atoms with Crippen LogP contribution in [0.1, 0.15) is 21.5 Å². The van der Waals surface area contributed by atoms with Crippen LogP contribution in [0.3, 0.4) is 0 Å². The summed E-state index contributed by atoms with van der Waals surface area (Å²) in [6.45, 7) is 3.15. The van der Waals surface area contributed by atoms with Gasteiger partial charge in [-0.2, -0.15) is 0 Å². The van der Waals surface area contributed by atoms with Crippen LogP contribution in [0.2, 0.25) is 0 Å². The van der Waals surface area contributed by atoms with Gasteiger partial charge in [0.1, 0.15) is 11.3 Å². The minimum absolute atomic E-state index is 0.0460. The normalized spacial score (nSPS) is 11.2. The molecule has 0 unspecified atom stereocenters. The number of nitrogens with one attached hydrogen (secondary N) is 2. The van der Waals surface area contributed by atoms with E-state index in [0.717, 1.165) is 51.7 Å². The van der Waals surface area contributed by atoms with Crippen molar-refractivity contribution in [2.75, 3.05) is 16.6 Å². The maximum Gasteiger partial charge on any atom is 0.342 e. The van der Waals surface area contributed by atoms with Crippen LogP contribution in [0, 0.1) is 24.0 Å². The van der Waals surface area contributed by atoms with Crippen LogP contribution in [0.25, 0.3) is 10.2 Å². The number of anilines is 2. The number of rotatable bonds is 8. The molecule has 0 aliphatic heterocycles. The second-order valence-corrected chi connectivity index (χ2v) is 10.9. The molecule has 1 amide bonds. The number of ether oxygens (including phenoxy) is 1. The van der Waals surface area contributed by atoms with Crippen molar-refractivity contribution in [3.05, 3.63) is 81.4 Å². The highest BCUT2D eigenvalue weighted by atomic mass is 32.2. The van der Waals surface area contributed by atoms with Gasteiger partial charge in [-0.1, -0.05) is 17.4 Å². The highest BCUT2D eigenvalue weighted by Gasteiger charge is 2.22. The monoisotopic (exact) mass is 556 g/mol. The summed E-state index contributed by atoms with van der Waals surface area (Å²) in [7, 11) is -4.24. The Morgan fingerprint density at radius 3 is 2.50 bits per heavy atom. The first-order chi connectivity index (χ1) is 17.9. The number of phenolic OH excluding ortho intramolecular Hbond substituents is 1. The van der Waals surface area contributed by atoms with Gasteiger partial charge in [0, 0.05) is 17.8 Å². The van der Waals surface area contributed by atoms with E-state index in [1.165, 1.54) is 23.5 Å². The lowest BCUT2D eigenvalue weighted by Crippen LogP contribution is -2.21. The first kappa shape index (κ1) is 26.5. The summed E-state index contributed by atoms with van der Waals surface area (Å²) in [4.78, 5) is 39.0. The van der Waals surface area contributed by atoms with Crippen LogP contribution in [0.4, 0.5) is 16.5 Å². The number of nitro groups is 1. The van der Waals surface area contributed by atoms with E-state index in [0.29, 0.717) is 5.13 Å². The van der Waals surface area contributed by atoms with E-state index in [1.54, 1.807) is 0 Å². The summed E-state index contributed by atoms with van der Waals surface area (Å²) in [6.07, 6.45) is 0. The maximum absolute atomic E-state index is 12.7. The van der Waals surface area contributed by atoms with Gasteiger partial charge in [0.05, 0.1) is 20.0 Å². The lowest BCUT2D eigenvalue weighted by molar-refractivity contribution is -0.384. The lowest BCUT2D eigenvalue weighted by Gasteiger charge is -2.11. The number of nitrogens with zero attached hydrogens (tertiary/aromatic N) is 2. The van der Waals surface area contributed by atoms with E-state index in [9.17, 15) is 33.2 Å². The van der Waals surface area contributed by atoms with Crippen molar-refractivity contribution < 1.29 is 32.8 Å². The molecule has 0 bridgehead atoms. The second kappa shape index (κ2) is 10.4. The third kappa shape index (κ3) is 5.87. The first-order valence-corrected chi connectivity index (χ1v) is 13.2. The predicted octanol–water partition coefficient (Wildman–Crippen LogP) is 4.12. The molecule has 0 radical (unpaired) electrons. The van der Waals surface area contributed by atoms with Gasteiger partial charge < -0.3 is 9.84 Å². The van der Waals surface area contributed by atoms with E-state index < -0.39 is 44.7 Å². The van der Waals surface area contributed by atoms with Gasteiger partial charge in [0.25, 0.3) is 21.6 Å². The highest BCUT2D eigenvalue weighted by molar-refractivity contribution is 7.92. The number of sulfonamides is 1. The average Bonchev–Trinajstić information content (AvgIpc) is 3.25. The number of hydrogen-bond acceptors (Lipinski definition) is 10. The van der Waals surface area contributed by atoms with Crippen molar-refractivity contribution in [3.63, 3.8) is 0 Å². The van der Waals surface area contributed by atoms with Gasteiger partial charge in [-0.15, -0.1) is 0 Å². The zero-order valence-corrected chi connectivity index (χ0v) is 21.6. The SMILES string of the molecule is Cc1cc(C)c2nc(NC(=O)COC(=O)c3cc(S(=O)(=O)Nc4ccc([N+](=O)[O-])cc4)ccc3O)sc2c1. The molecule has 4 aromatic rings. The van der Waals surface area contributed by atoms with Gasteiger partial charge in [0.15, 0.2) is 11.7 Å². The van der Waals surface area contributed by atoms with E-state index in [2.05, 4.69) is 15.0 Å². The third-order valence-electron chi connectivity index (χ3n) is 5.24. The molecule has 0 aliphatic rings. The quantitative estimate of drug-likeness (QED) is 0.163. The summed E-state index contributed by atoms with van der Waals surface area (Å²) < 4.78 is 33.6. The van der Waals surface area contributed by atoms with Crippen molar-refractivity contribution >= 4 is 60.0 Å². The molecule has 0 spiro atoms. The zero-order chi connectivity index (χ0) is 27.6. The number of aromatic nitrogens is 1. The fourth-order valence-electron chi connectivity index (χ4n) is 3.50. The standard InChI is InChI=1S/C24H20N4O8S2/c1-13-9-14(2)22-20(10-13)37-24(26-22)25-21(30)12-36-23(31)18-11-17(7-8-19(18)29)38(34,35)27-15-3-5-16(6-4-15)28(32)33/h3-11,27,29H,12H2,1-2H3,(H,25,26,30). The molecule has 12 nitrogen and oxygen atoms in total. The number of fused-ring (bicyclic) bond motifs is 1. The first-order valence-electron chi connectivity index (χ1n) is 10.9. The van der Waals surface area contributed by atoms with Gasteiger partial charge in [-0.05, 0) is 61.4 Å². The summed E-state index contributed by atoms with van der Waals surface area (Å²) in [6, 6.07) is 11.5. The number of thiazole rings is 1. The van der Waals surface area contributed by atoms with Gasteiger partial charge in [-0.3, -0.25) is 24.9 Å². The average molecular weight is 557 g/mol. The smallest absolute Gasteiger partial charge is 0.342 e. The topological polar surface area (TPSA) is 178 Å². The fraction of sp³-hybridized carbons (Fsp3) is 0.125. The molecule has 0 atom stereocenters. The number of amides is 1. The van der Waals surface area contributed by atoms with Crippen LogP contribution in [0.5, 0.6) is 5.75 Å². The van der Waals surface area contributed by atoms with Crippen LogP contribution >= 0.6 is 11.3 Å². The molecule has 196 valence electrons. The molecule has 3 N–H and O–H groups in total. The lowest BCUT2D eigenvalue weighted by atomic mass is 10.1. The minimum atomic E-state index is -4.24. The Morgan fingerprint density at radius 1 is 1.11 bits per heavy atom. The van der Waals surface area contributed by atoms with E-state index in [-0.39, 0.29) is 16.3 Å². The molecule has 38 heavy (non-hydrogen) atoms. The Labute approximate surface area is 220 Å². The molecular weight excluding hydrogens is 536 g/mol. The third-order valence-corrected chi connectivity index (χ3v) is 7.54. The molecule has 1 aromatic heterocycles. The molecule has 14 heteroatoms. The van der Waals surface area contributed by atoms with Crippen LogP contribution < -0.4 is 10.0 Å². The Kier molecular flexibility index (Phi) is 7.28. The van der Waals surface area contributed by atoms with Crippen molar-refractivity contribution in [3.8, 4) is 5.75 Å². The molecule has 4 rings (SSSR count). The number of non-ortho nitro benzene ring substituents is 1. The molecular formula is C24H20N4O8S2. The van der Waals surface area contributed by atoms with Gasteiger partial charge in [-0.25, -0.2) is 18.2 Å². The molecule has 0 saturated heterocycles. The second-order valence-electron chi connectivity index (χ2n) is 8.16. The van der Waals surface area contributed by atoms with Gasteiger partial charge in [0.2, 0.25) is 0 Å². The number of esters is 1. The molecule has 0 saturated carbocycles. The number of benzene rings is 3. The Balaban J connectivity index is 1.43. The van der Waals surface area contributed by atoms with E-state index in [4.69, 9.17) is 4.74 Å². The van der Waals surface area contributed by atoms with Crippen molar-refractivity contribution in [2.24, 2.45) is 0 Å². The van der Waals surface area contributed by atoms with Gasteiger partial charge >= 0.3 is 5.97 Å². The summed E-state index contributed by atoms with van der Waals surface area (Å²) in [5.41, 5.74) is 2.10.